The van der Waals surface area contributed by atoms with Gasteiger partial charge in [0, 0.05) is 6.54 Å². The molecule has 6 heteroatoms. The van der Waals surface area contributed by atoms with Gasteiger partial charge in [-0.2, -0.15) is 0 Å². The van der Waals surface area contributed by atoms with E-state index in [-0.39, 0.29) is 11.3 Å². The number of methoxy groups -OCH3 is 2. The predicted octanol–water partition coefficient (Wildman–Crippen LogP) is 4.75. The molecule has 0 saturated heterocycles. The van der Waals surface area contributed by atoms with Crippen LogP contribution in [0, 0.1) is 0 Å². The van der Waals surface area contributed by atoms with Crippen molar-refractivity contribution in [3.05, 3.63) is 53.6 Å². The van der Waals surface area contributed by atoms with E-state index in [9.17, 15) is 4.79 Å². The molecule has 0 spiro atoms. The summed E-state index contributed by atoms with van der Waals surface area (Å²) in [5.41, 5.74) is 5.10. The number of aliphatic imine (C=N–C) groups is 1. The number of nitrogens with zero attached hydrogens (tertiary/aromatic N) is 1. The van der Waals surface area contributed by atoms with Crippen LogP contribution in [0.5, 0.6) is 11.5 Å². The highest BCUT2D eigenvalue weighted by atomic mass is 32.2. The van der Waals surface area contributed by atoms with Gasteiger partial charge in [0.1, 0.15) is 0 Å². The summed E-state index contributed by atoms with van der Waals surface area (Å²) in [6.07, 6.45) is 0.727. The monoisotopic (exact) mass is 414 g/mol. The van der Waals surface area contributed by atoms with Crippen molar-refractivity contribution >= 4 is 28.9 Å². The van der Waals surface area contributed by atoms with E-state index in [2.05, 4.69) is 43.2 Å². The zero-order valence-electron chi connectivity index (χ0n) is 17.8. The van der Waals surface area contributed by atoms with Gasteiger partial charge in [0.2, 0.25) is 5.91 Å². The van der Waals surface area contributed by atoms with Crippen molar-refractivity contribution in [2.75, 3.05) is 26.5 Å². The fourth-order valence-corrected chi connectivity index (χ4v) is 3.22. The van der Waals surface area contributed by atoms with Crippen LogP contribution in [-0.2, 0) is 16.6 Å². The first-order valence-electron chi connectivity index (χ1n) is 9.56. The van der Waals surface area contributed by atoms with Gasteiger partial charge in [-0.05, 0) is 47.2 Å². The molecule has 2 rings (SSSR count). The van der Waals surface area contributed by atoms with E-state index in [4.69, 9.17) is 9.47 Å². The molecule has 0 aliphatic heterocycles. The molecular formula is C23H30N2O3S. The molecule has 0 saturated carbocycles. The van der Waals surface area contributed by atoms with Crippen LogP contribution in [0.2, 0.25) is 0 Å². The van der Waals surface area contributed by atoms with E-state index >= 15 is 0 Å². The molecule has 5 nitrogen and oxygen atoms in total. The normalized spacial score (nSPS) is 11.5. The van der Waals surface area contributed by atoms with E-state index in [0.717, 1.165) is 17.7 Å². The van der Waals surface area contributed by atoms with E-state index < -0.39 is 0 Å². The number of benzene rings is 2. The Morgan fingerprint density at radius 3 is 2.38 bits per heavy atom. The Kier molecular flexibility index (Phi) is 8.58. The van der Waals surface area contributed by atoms with Gasteiger partial charge in [-0.25, -0.2) is 0 Å². The average molecular weight is 415 g/mol. The van der Waals surface area contributed by atoms with Crippen LogP contribution in [0.3, 0.4) is 0 Å². The molecule has 0 fully saturated rings. The number of hydrogen-bond acceptors (Lipinski definition) is 5. The Morgan fingerprint density at radius 1 is 1.07 bits per heavy atom. The predicted molar refractivity (Wildman–Crippen MR) is 122 cm³/mol. The molecule has 0 bridgehead atoms. The third-order valence-corrected chi connectivity index (χ3v) is 5.09. The molecule has 2 aromatic carbocycles. The van der Waals surface area contributed by atoms with Crippen LogP contribution >= 0.6 is 11.8 Å². The number of hydrogen-bond donors (Lipinski definition) is 1. The third-order valence-electron chi connectivity index (χ3n) is 4.41. The number of carbonyl (C=O) groups is 1. The lowest BCUT2D eigenvalue weighted by atomic mass is 9.87. The molecular weight excluding hydrogens is 384 g/mol. The lowest BCUT2D eigenvalue weighted by molar-refractivity contribution is -0.118. The molecule has 0 heterocycles. The van der Waals surface area contributed by atoms with Crippen molar-refractivity contribution in [1.29, 1.82) is 0 Å². The van der Waals surface area contributed by atoms with Gasteiger partial charge in [-0.15, -0.1) is 11.8 Å². The number of nitrogens with one attached hydrogen (secondary N) is 1. The summed E-state index contributed by atoms with van der Waals surface area (Å²) in [6.45, 7) is 7.13. The Hall–Kier alpha value is -2.47. The third kappa shape index (κ3) is 7.46. The van der Waals surface area contributed by atoms with Crippen molar-refractivity contribution in [3.63, 3.8) is 0 Å². The van der Waals surface area contributed by atoms with E-state index in [0.29, 0.717) is 23.8 Å². The number of thioether (sulfide) groups is 1. The minimum atomic E-state index is -0.00925. The molecule has 0 aliphatic rings. The molecule has 1 N–H and O–H groups in total. The van der Waals surface area contributed by atoms with Gasteiger partial charge in [0.15, 0.2) is 11.5 Å². The topological polar surface area (TPSA) is 59.9 Å². The van der Waals surface area contributed by atoms with Crippen molar-refractivity contribution < 1.29 is 14.3 Å². The number of ether oxygens (including phenoxy) is 2. The molecule has 2 aromatic rings. The van der Waals surface area contributed by atoms with Gasteiger partial charge in [-0.1, -0.05) is 39.0 Å². The summed E-state index contributed by atoms with van der Waals surface area (Å²) in [4.78, 5) is 16.4. The van der Waals surface area contributed by atoms with Crippen molar-refractivity contribution in [1.82, 2.24) is 5.32 Å². The highest BCUT2D eigenvalue weighted by molar-refractivity contribution is 8.12. The Labute approximate surface area is 177 Å². The van der Waals surface area contributed by atoms with E-state index in [1.54, 1.807) is 19.8 Å². The van der Waals surface area contributed by atoms with Crippen molar-refractivity contribution in [3.8, 4) is 11.5 Å². The molecule has 0 aromatic heterocycles. The average Bonchev–Trinajstić information content (AvgIpc) is 2.70. The second-order valence-corrected chi connectivity index (χ2v) is 8.46. The van der Waals surface area contributed by atoms with Gasteiger partial charge in [0.05, 0.1) is 31.2 Å². The van der Waals surface area contributed by atoms with Crippen molar-refractivity contribution in [2.45, 2.75) is 32.6 Å². The lowest BCUT2D eigenvalue weighted by Gasteiger charge is -2.18. The van der Waals surface area contributed by atoms with E-state index in [1.807, 2.05) is 30.3 Å². The Morgan fingerprint density at radius 2 is 1.76 bits per heavy atom. The van der Waals surface area contributed by atoms with Crippen LogP contribution in [0.4, 0.5) is 5.69 Å². The first kappa shape index (κ1) is 22.8. The maximum Gasteiger partial charge on any atom is 0.230 e. The molecule has 29 heavy (non-hydrogen) atoms. The number of amides is 1. The molecule has 0 unspecified atom stereocenters. The quantitative estimate of drug-likeness (QED) is 0.475. The summed E-state index contributed by atoms with van der Waals surface area (Å²) in [5.74, 6) is 1.72. The standard InChI is InChI=1S/C23H30N2O3S/c1-23(2,3)18-7-9-19(10-8-18)25-16-29-15-22(26)24-13-12-17-6-11-20(27-4)21(14-17)28-5/h6-11,14,16H,12-13,15H2,1-5H3,(H,24,26)/b25-16+. The zero-order chi connectivity index (χ0) is 21.3. The molecule has 1 amide bonds. The fraction of sp³-hybridized carbons (Fsp3) is 0.391. The highest BCUT2D eigenvalue weighted by Gasteiger charge is 2.12. The number of carbonyl (C=O) groups excluding carboxylic acids is 1. The SMILES string of the molecule is COc1ccc(CCNC(=O)CS/C=N/c2ccc(C(C)(C)C)cc2)cc1OC. The first-order valence-corrected chi connectivity index (χ1v) is 10.6. The van der Waals surface area contributed by atoms with Crippen LogP contribution in [0.15, 0.2) is 47.5 Å². The smallest absolute Gasteiger partial charge is 0.230 e. The summed E-state index contributed by atoms with van der Waals surface area (Å²) >= 11 is 1.38. The summed E-state index contributed by atoms with van der Waals surface area (Å²) in [5, 5.41) is 2.93. The molecule has 0 atom stereocenters. The fourth-order valence-electron chi connectivity index (χ4n) is 2.69. The largest absolute Gasteiger partial charge is 0.493 e. The lowest BCUT2D eigenvalue weighted by Crippen LogP contribution is -2.27. The zero-order valence-corrected chi connectivity index (χ0v) is 18.6. The van der Waals surface area contributed by atoms with Gasteiger partial charge in [0.25, 0.3) is 0 Å². The van der Waals surface area contributed by atoms with Crippen LogP contribution in [0.25, 0.3) is 0 Å². The maximum atomic E-state index is 12.0. The van der Waals surface area contributed by atoms with Crippen molar-refractivity contribution in [2.24, 2.45) is 4.99 Å². The maximum absolute atomic E-state index is 12.0. The van der Waals surface area contributed by atoms with Gasteiger partial charge in [-0.3, -0.25) is 9.79 Å². The van der Waals surface area contributed by atoms with Gasteiger partial charge >= 0.3 is 0 Å². The molecule has 0 aliphatic carbocycles. The molecule has 156 valence electrons. The minimum absolute atomic E-state index is 0.00925. The number of rotatable bonds is 9. The van der Waals surface area contributed by atoms with Crippen LogP contribution in [0.1, 0.15) is 31.9 Å². The van der Waals surface area contributed by atoms with Crippen LogP contribution < -0.4 is 14.8 Å². The second-order valence-electron chi connectivity index (χ2n) is 7.63. The Balaban J connectivity index is 1.71. The van der Waals surface area contributed by atoms with E-state index in [1.165, 1.54) is 17.3 Å². The first-order chi connectivity index (χ1) is 13.8. The van der Waals surface area contributed by atoms with Gasteiger partial charge < -0.3 is 14.8 Å². The summed E-state index contributed by atoms with van der Waals surface area (Å²) < 4.78 is 10.5. The van der Waals surface area contributed by atoms with Crippen LogP contribution in [-0.4, -0.2) is 38.0 Å². The second kappa shape index (κ2) is 10.9. The highest BCUT2D eigenvalue weighted by Crippen LogP contribution is 2.27. The molecule has 0 radical (unpaired) electrons. The summed E-state index contributed by atoms with van der Waals surface area (Å²) in [7, 11) is 3.22. The Bertz CT molecular complexity index is 827. The minimum Gasteiger partial charge on any atom is -0.493 e. The summed E-state index contributed by atoms with van der Waals surface area (Å²) in [6, 6.07) is 14.0.